The van der Waals surface area contributed by atoms with E-state index in [4.69, 9.17) is 4.74 Å². The van der Waals surface area contributed by atoms with Gasteiger partial charge in [0.05, 0.1) is 5.41 Å². The highest BCUT2D eigenvalue weighted by atomic mass is 19.1. The van der Waals surface area contributed by atoms with Gasteiger partial charge in [-0.25, -0.2) is 4.39 Å². The van der Waals surface area contributed by atoms with Gasteiger partial charge in [-0.15, -0.1) is 0 Å². The van der Waals surface area contributed by atoms with E-state index in [1.165, 1.54) is 12.1 Å². The van der Waals surface area contributed by atoms with E-state index in [0.29, 0.717) is 32.6 Å². The maximum absolute atomic E-state index is 13.2. The molecule has 122 valence electrons. The van der Waals surface area contributed by atoms with Crippen molar-refractivity contribution in [3.8, 4) is 0 Å². The number of benzene rings is 1. The maximum Gasteiger partial charge on any atom is 0.230 e. The average molecular weight is 308 g/mol. The van der Waals surface area contributed by atoms with E-state index in [9.17, 15) is 9.18 Å². The Hall–Kier alpha value is -1.46. The molecule has 1 heterocycles. The van der Waals surface area contributed by atoms with Crippen LogP contribution < -0.4 is 5.32 Å². The van der Waals surface area contributed by atoms with Gasteiger partial charge < -0.3 is 15.0 Å². The molecule has 1 saturated heterocycles. The predicted molar refractivity (Wildman–Crippen MR) is 84.3 cm³/mol. The molecule has 1 fully saturated rings. The standard InChI is InChI=1S/C17H25FN2O2/c1-3-20(2)11-10-19-16(21)17(8-12-22-13-9-17)14-4-6-15(18)7-5-14/h4-7H,3,8-13H2,1-2H3,(H,19,21). The second-order valence-electron chi connectivity index (χ2n) is 5.85. The molecule has 1 aromatic carbocycles. The molecule has 0 unspecified atom stereocenters. The lowest BCUT2D eigenvalue weighted by molar-refractivity contribution is -0.130. The van der Waals surface area contributed by atoms with Crippen LogP contribution in [0.1, 0.15) is 25.3 Å². The Balaban J connectivity index is 2.11. The van der Waals surface area contributed by atoms with E-state index in [1.54, 1.807) is 12.1 Å². The van der Waals surface area contributed by atoms with E-state index in [2.05, 4.69) is 17.1 Å². The zero-order chi connectivity index (χ0) is 16.0. The summed E-state index contributed by atoms with van der Waals surface area (Å²) in [5.74, 6) is -0.261. The van der Waals surface area contributed by atoms with Gasteiger partial charge in [-0.1, -0.05) is 19.1 Å². The number of carbonyl (C=O) groups is 1. The summed E-state index contributed by atoms with van der Waals surface area (Å²) < 4.78 is 18.6. The van der Waals surface area contributed by atoms with E-state index < -0.39 is 5.41 Å². The molecule has 0 spiro atoms. The number of likely N-dealkylation sites (N-methyl/N-ethyl adjacent to an activating group) is 1. The van der Waals surface area contributed by atoms with Crippen molar-refractivity contribution in [2.75, 3.05) is 39.9 Å². The number of amides is 1. The van der Waals surface area contributed by atoms with E-state index in [1.807, 2.05) is 7.05 Å². The van der Waals surface area contributed by atoms with Crippen molar-refractivity contribution in [2.24, 2.45) is 0 Å². The van der Waals surface area contributed by atoms with Crippen molar-refractivity contribution in [1.29, 1.82) is 0 Å². The summed E-state index contributed by atoms with van der Waals surface area (Å²) >= 11 is 0. The number of nitrogens with one attached hydrogen (secondary N) is 1. The monoisotopic (exact) mass is 308 g/mol. The van der Waals surface area contributed by atoms with Gasteiger partial charge in [0.25, 0.3) is 0 Å². The number of hydrogen-bond acceptors (Lipinski definition) is 3. The molecule has 2 rings (SSSR count). The van der Waals surface area contributed by atoms with Crippen LogP contribution in [0.2, 0.25) is 0 Å². The van der Waals surface area contributed by atoms with Crippen LogP contribution in [-0.2, 0) is 14.9 Å². The Morgan fingerprint density at radius 2 is 1.95 bits per heavy atom. The first-order chi connectivity index (χ1) is 10.6. The lowest BCUT2D eigenvalue weighted by atomic mass is 9.73. The molecule has 5 heteroatoms. The molecule has 0 saturated carbocycles. The van der Waals surface area contributed by atoms with Crippen LogP contribution in [0.15, 0.2) is 24.3 Å². The number of carbonyl (C=O) groups excluding carboxylic acids is 1. The van der Waals surface area contributed by atoms with Crippen molar-refractivity contribution in [2.45, 2.75) is 25.2 Å². The van der Waals surface area contributed by atoms with E-state index in [-0.39, 0.29) is 11.7 Å². The minimum Gasteiger partial charge on any atom is -0.381 e. The van der Waals surface area contributed by atoms with Gasteiger partial charge in [-0.2, -0.15) is 0 Å². The van der Waals surface area contributed by atoms with Gasteiger partial charge >= 0.3 is 0 Å². The second-order valence-corrected chi connectivity index (χ2v) is 5.85. The van der Waals surface area contributed by atoms with Crippen LogP contribution >= 0.6 is 0 Å². The van der Waals surface area contributed by atoms with Gasteiger partial charge in [0.1, 0.15) is 5.82 Å². The van der Waals surface area contributed by atoms with Gasteiger partial charge in [0.2, 0.25) is 5.91 Å². The number of rotatable bonds is 6. The zero-order valence-electron chi connectivity index (χ0n) is 13.4. The first kappa shape index (κ1) is 16.9. The zero-order valence-corrected chi connectivity index (χ0v) is 13.4. The van der Waals surface area contributed by atoms with Crippen molar-refractivity contribution in [3.05, 3.63) is 35.6 Å². The Morgan fingerprint density at radius 1 is 1.32 bits per heavy atom. The molecule has 1 N–H and O–H groups in total. The molecule has 1 aliphatic rings. The summed E-state index contributed by atoms with van der Waals surface area (Å²) in [6, 6.07) is 6.28. The topological polar surface area (TPSA) is 41.6 Å². The van der Waals surface area contributed by atoms with Crippen LogP contribution in [0, 0.1) is 5.82 Å². The highest BCUT2D eigenvalue weighted by Crippen LogP contribution is 2.35. The first-order valence-corrected chi connectivity index (χ1v) is 7.89. The molecule has 0 aromatic heterocycles. The smallest absolute Gasteiger partial charge is 0.230 e. The molecule has 1 amide bonds. The summed E-state index contributed by atoms with van der Waals surface area (Å²) in [6.45, 7) is 5.58. The second kappa shape index (κ2) is 7.70. The van der Waals surface area contributed by atoms with Crippen LogP contribution in [0.3, 0.4) is 0 Å². The SMILES string of the molecule is CCN(C)CCNC(=O)C1(c2ccc(F)cc2)CCOCC1. The van der Waals surface area contributed by atoms with Crippen LogP contribution in [0.25, 0.3) is 0 Å². The highest BCUT2D eigenvalue weighted by Gasteiger charge is 2.41. The van der Waals surface area contributed by atoms with Crippen molar-refractivity contribution in [1.82, 2.24) is 10.2 Å². The largest absolute Gasteiger partial charge is 0.381 e. The summed E-state index contributed by atoms with van der Waals surface area (Å²) in [5.41, 5.74) is 0.273. The average Bonchev–Trinajstić information content (AvgIpc) is 2.55. The molecule has 0 atom stereocenters. The van der Waals surface area contributed by atoms with Gasteiger partial charge in [-0.05, 0) is 44.1 Å². The molecule has 0 aliphatic carbocycles. The van der Waals surface area contributed by atoms with Crippen molar-refractivity contribution >= 4 is 5.91 Å². The fraction of sp³-hybridized carbons (Fsp3) is 0.588. The molecular formula is C17H25FN2O2. The Kier molecular flexibility index (Phi) is 5.91. The minimum atomic E-state index is -0.600. The van der Waals surface area contributed by atoms with Gasteiger partial charge in [0.15, 0.2) is 0 Å². The summed E-state index contributed by atoms with van der Waals surface area (Å²) in [4.78, 5) is 14.9. The van der Waals surface area contributed by atoms with Crippen LogP contribution in [0.4, 0.5) is 4.39 Å². The Labute approximate surface area is 131 Å². The summed E-state index contributed by atoms with van der Waals surface area (Å²) in [6.07, 6.45) is 1.27. The number of hydrogen-bond donors (Lipinski definition) is 1. The molecule has 1 aliphatic heterocycles. The van der Waals surface area contributed by atoms with Crippen molar-refractivity contribution < 1.29 is 13.9 Å². The molecule has 0 radical (unpaired) electrons. The van der Waals surface area contributed by atoms with E-state index in [0.717, 1.165) is 18.7 Å². The predicted octanol–water partition coefficient (Wildman–Crippen LogP) is 1.94. The molecule has 1 aromatic rings. The van der Waals surface area contributed by atoms with E-state index >= 15 is 0 Å². The fourth-order valence-corrected chi connectivity index (χ4v) is 2.82. The molecular weight excluding hydrogens is 283 g/mol. The minimum absolute atomic E-state index is 0.0203. The highest BCUT2D eigenvalue weighted by molar-refractivity contribution is 5.88. The quantitative estimate of drug-likeness (QED) is 0.873. The molecule has 22 heavy (non-hydrogen) atoms. The Morgan fingerprint density at radius 3 is 2.55 bits per heavy atom. The third-order valence-electron chi connectivity index (χ3n) is 4.50. The van der Waals surface area contributed by atoms with Crippen LogP contribution in [-0.4, -0.2) is 50.7 Å². The third-order valence-corrected chi connectivity index (χ3v) is 4.50. The van der Waals surface area contributed by atoms with Gasteiger partial charge in [-0.3, -0.25) is 4.79 Å². The van der Waals surface area contributed by atoms with Gasteiger partial charge in [0, 0.05) is 26.3 Å². The fourth-order valence-electron chi connectivity index (χ4n) is 2.82. The third kappa shape index (κ3) is 3.84. The number of nitrogens with zero attached hydrogens (tertiary/aromatic N) is 1. The van der Waals surface area contributed by atoms with Crippen molar-refractivity contribution in [3.63, 3.8) is 0 Å². The Bertz CT molecular complexity index is 484. The normalized spacial score (nSPS) is 17.5. The summed E-state index contributed by atoms with van der Waals surface area (Å²) in [7, 11) is 2.02. The molecule has 0 bridgehead atoms. The first-order valence-electron chi connectivity index (χ1n) is 7.89. The number of ether oxygens (including phenoxy) is 1. The number of halogens is 1. The lowest BCUT2D eigenvalue weighted by Crippen LogP contribution is -2.49. The lowest BCUT2D eigenvalue weighted by Gasteiger charge is -2.36. The van der Waals surface area contributed by atoms with Crippen LogP contribution in [0.5, 0.6) is 0 Å². The summed E-state index contributed by atoms with van der Waals surface area (Å²) in [5, 5.41) is 3.04. The maximum atomic E-state index is 13.2. The molecule has 4 nitrogen and oxygen atoms in total.